The van der Waals surface area contributed by atoms with Crippen LogP contribution in [-0.2, 0) is 17.8 Å². The van der Waals surface area contributed by atoms with E-state index in [1.807, 2.05) is 24.3 Å². The predicted octanol–water partition coefficient (Wildman–Crippen LogP) is 2.04. The third-order valence-corrected chi connectivity index (χ3v) is 4.07. The monoisotopic (exact) mass is 363 g/mol. The van der Waals surface area contributed by atoms with E-state index in [0.29, 0.717) is 43.2 Å². The van der Waals surface area contributed by atoms with E-state index < -0.39 is 0 Å². The molecule has 1 amide bonds. The van der Waals surface area contributed by atoms with Crippen molar-refractivity contribution in [1.82, 2.24) is 35.6 Å². The van der Waals surface area contributed by atoms with Crippen molar-refractivity contribution in [1.29, 1.82) is 0 Å². The number of fused-ring (bicyclic) bond motifs is 1. The molecule has 0 spiro atoms. The first-order chi connectivity index (χ1) is 13.3. The summed E-state index contributed by atoms with van der Waals surface area (Å²) in [6.45, 7) is 0.383. The number of pyridine rings is 2. The van der Waals surface area contributed by atoms with Crippen LogP contribution in [0.2, 0.25) is 0 Å². The van der Waals surface area contributed by atoms with E-state index in [2.05, 4.69) is 35.6 Å². The Morgan fingerprint density at radius 2 is 2.07 bits per heavy atom. The number of amides is 1. The van der Waals surface area contributed by atoms with Crippen LogP contribution in [0.1, 0.15) is 24.4 Å². The zero-order valence-electron chi connectivity index (χ0n) is 14.4. The Labute approximate surface area is 154 Å². The molecule has 0 aliphatic heterocycles. The van der Waals surface area contributed by atoms with Crippen LogP contribution in [0.4, 0.5) is 0 Å². The summed E-state index contributed by atoms with van der Waals surface area (Å²) in [4.78, 5) is 24.5. The summed E-state index contributed by atoms with van der Waals surface area (Å²) in [6, 6.07) is 7.39. The normalized spacial score (nSPS) is 11.0. The van der Waals surface area contributed by atoms with Crippen molar-refractivity contribution in [3.63, 3.8) is 0 Å². The van der Waals surface area contributed by atoms with Crippen molar-refractivity contribution >= 4 is 16.9 Å². The fourth-order valence-electron chi connectivity index (χ4n) is 2.69. The second-order valence-electron chi connectivity index (χ2n) is 5.95. The Kier molecular flexibility index (Phi) is 4.82. The average Bonchev–Trinajstić information content (AvgIpc) is 3.34. The molecule has 4 aromatic rings. The number of aryl methyl sites for hydroxylation is 1. The molecule has 4 heterocycles. The van der Waals surface area contributed by atoms with Gasteiger partial charge < -0.3 is 9.84 Å². The Bertz CT molecular complexity index is 1040. The Morgan fingerprint density at radius 1 is 1.19 bits per heavy atom. The van der Waals surface area contributed by atoms with Gasteiger partial charge in [0, 0.05) is 42.4 Å². The van der Waals surface area contributed by atoms with Crippen molar-refractivity contribution in [3.8, 4) is 11.4 Å². The van der Waals surface area contributed by atoms with Crippen LogP contribution < -0.4 is 5.32 Å². The number of carbonyl (C=O) groups excluding carboxylic acids is 1. The number of nitrogens with zero attached hydrogens (tertiary/aromatic N) is 5. The smallest absolute Gasteiger partial charge is 0.226 e. The second kappa shape index (κ2) is 7.73. The lowest BCUT2D eigenvalue weighted by Crippen LogP contribution is -2.22. The molecule has 27 heavy (non-hydrogen) atoms. The third-order valence-electron chi connectivity index (χ3n) is 4.07. The van der Waals surface area contributed by atoms with Gasteiger partial charge in [0.2, 0.25) is 17.6 Å². The maximum absolute atomic E-state index is 12.1. The summed E-state index contributed by atoms with van der Waals surface area (Å²) in [7, 11) is 0. The van der Waals surface area contributed by atoms with Crippen molar-refractivity contribution < 1.29 is 9.32 Å². The van der Waals surface area contributed by atoms with E-state index in [-0.39, 0.29) is 5.91 Å². The molecule has 9 nitrogen and oxygen atoms in total. The van der Waals surface area contributed by atoms with Crippen molar-refractivity contribution in [2.45, 2.75) is 25.8 Å². The quantitative estimate of drug-likeness (QED) is 0.515. The molecule has 0 atom stereocenters. The highest BCUT2D eigenvalue weighted by Gasteiger charge is 2.10. The topological polar surface area (TPSA) is 122 Å². The van der Waals surface area contributed by atoms with Gasteiger partial charge in [-0.15, -0.1) is 0 Å². The largest absolute Gasteiger partial charge is 0.350 e. The van der Waals surface area contributed by atoms with Gasteiger partial charge in [0.15, 0.2) is 5.65 Å². The molecule has 0 aliphatic rings. The maximum atomic E-state index is 12.1. The van der Waals surface area contributed by atoms with Crippen LogP contribution in [0.3, 0.4) is 0 Å². The van der Waals surface area contributed by atoms with E-state index in [0.717, 1.165) is 16.6 Å². The standard InChI is InChI=1S/C18H17N7O2/c26-15(21-11-14-13-3-2-8-20-18(13)24-23-14)4-1-5-16-22-17(25-27-16)12-6-9-19-10-7-12/h2-3,6-10H,1,4-5,11H2,(H,21,26)(H,20,23,24). The summed E-state index contributed by atoms with van der Waals surface area (Å²) < 4.78 is 5.23. The number of aromatic nitrogens is 6. The summed E-state index contributed by atoms with van der Waals surface area (Å²) in [5, 5.41) is 14.8. The van der Waals surface area contributed by atoms with Crippen LogP contribution >= 0.6 is 0 Å². The molecule has 0 radical (unpaired) electrons. The van der Waals surface area contributed by atoms with E-state index >= 15 is 0 Å². The van der Waals surface area contributed by atoms with E-state index in [4.69, 9.17) is 4.52 Å². The molecule has 4 rings (SSSR count). The molecule has 0 bridgehead atoms. The van der Waals surface area contributed by atoms with E-state index in [1.54, 1.807) is 18.6 Å². The first-order valence-electron chi connectivity index (χ1n) is 8.57. The van der Waals surface area contributed by atoms with E-state index in [9.17, 15) is 4.79 Å². The fourth-order valence-corrected chi connectivity index (χ4v) is 2.69. The minimum Gasteiger partial charge on any atom is -0.350 e. The van der Waals surface area contributed by atoms with Crippen molar-refractivity contribution in [3.05, 3.63) is 54.4 Å². The van der Waals surface area contributed by atoms with Gasteiger partial charge in [0.25, 0.3) is 0 Å². The molecule has 0 aliphatic carbocycles. The van der Waals surface area contributed by atoms with Gasteiger partial charge in [0.05, 0.1) is 12.2 Å². The molecular weight excluding hydrogens is 346 g/mol. The van der Waals surface area contributed by atoms with Gasteiger partial charge in [-0.1, -0.05) is 5.16 Å². The molecule has 0 saturated carbocycles. The van der Waals surface area contributed by atoms with Crippen LogP contribution in [0.25, 0.3) is 22.4 Å². The van der Waals surface area contributed by atoms with Gasteiger partial charge in [-0.05, 0) is 30.7 Å². The summed E-state index contributed by atoms with van der Waals surface area (Å²) >= 11 is 0. The molecule has 0 aromatic carbocycles. The summed E-state index contributed by atoms with van der Waals surface area (Å²) in [6.07, 6.45) is 6.57. The highest BCUT2D eigenvalue weighted by atomic mass is 16.5. The Balaban J connectivity index is 1.25. The fraction of sp³-hybridized carbons (Fsp3) is 0.222. The van der Waals surface area contributed by atoms with Gasteiger partial charge in [-0.25, -0.2) is 4.98 Å². The average molecular weight is 363 g/mol. The highest BCUT2D eigenvalue weighted by Crippen LogP contribution is 2.15. The van der Waals surface area contributed by atoms with Crippen molar-refractivity contribution in [2.75, 3.05) is 0 Å². The molecular formula is C18H17N7O2. The first kappa shape index (κ1) is 16.8. The van der Waals surface area contributed by atoms with Gasteiger partial charge in [-0.2, -0.15) is 10.1 Å². The zero-order chi connectivity index (χ0) is 18.5. The van der Waals surface area contributed by atoms with Crippen LogP contribution in [0, 0.1) is 0 Å². The SMILES string of the molecule is O=C(CCCc1nc(-c2ccncc2)no1)NCc1[nH]nc2ncccc12. The zero-order valence-corrected chi connectivity index (χ0v) is 14.4. The number of nitrogens with one attached hydrogen (secondary N) is 2. The summed E-state index contributed by atoms with van der Waals surface area (Å²) in [5.41, 5.74) is 2.33. The second-order valence-corrected chi connectivity index (χ2v) is 5.95. The van der Waals surface area contributed by atoms with Gasteiger partial charge in [0.1, 0.15) is 0 Å². The summed E-state index contributed by atoms with van der Waals surface area (Å²) in [5.74, 6) is 0.993. The lowest BCUT2D eigenvalue weighted by molar-refractivity contribution is -0.121. The predicted molar refractivity (Wildman–Crippen MR) is 96.2 cm³/mol. The lowest BCUT2D eigenvalue weighted by Gasteiger charge is -2.03. The molecule has 0 saturated heterocycles. The van der Waals surface area contributed by atoms with Gasteiger partial charge >= 0.3 is 0 Å². The lowest BCUT2D eigenvalue weighted by atomic mass is 10.2. The minimum atomic E-state index is -0.0458. The van der Waals surface area contributed by atoms with Gasteiger partial charge in [-0.3, -0.25) is 14.9 Å². The van der Waals surface area contributed by atoms with Crippen LogP contribution in [-0.4, -0.2) is 36.2 Å². The Hall–Kier alpha value is -3.62. The van der Waals surface area contributed by atoms with Crippen molar-refractivity contribution in [2.24, 2.45) is 0 Å². The number of carbonyl (C=O) groups is 1. The Morgan fingerprint density at radius 3 is 2.96 bits per heavy atom. The highest BCUT2D eigenvalue weighted by molar-refractivity contribution is 5.79. The number of hydrogen-bond donors (Lipinski definition) is 2. The number of rotatable bonds is 7. The molecule has 9 heteroatoms. The van der Waals surface area contributed by atoms with Crippen LogP contribution in [0.15, 0.2) is 47.4 Å². The van der Waals surface area contributed by atoms with E-state index in [1.165, 1.54) is 0 Å². The maximum Gasteiger partial charge on any atom is 0.226 e. The molecule has 0 fully saturated rings. The number of aromatic amines is 1. The first-order valence-corrected chi connectivity index (χ1v) is 8.57. The molecule has 2 N–H and O–H groups in total. The van der Waals surface area contributed by atoms with Crippen LogP contribution in [0.5, 0.6) is 0 Å². The third kappa shape index (κ3) is 3.97. The number of hydrogen-bond acceptors (Lipinski definition) is 7. The molecule has 136 valence electrons. The molecule has 0 unspecified atom stereocenters. The molecule has 4 aromatic heterocycles. The number of H-pyrrole nitrogens is 1. The minimum absolute atomic E-state index is 0.0458.